The van der Waals surface area contributed by atoms with Crippen LogP contribution in [0.3, 0.4) is 0 Å². The third-order valence-electron chi connectivity index (χ3n) is 5.76. The molecule has 31 heavy (non-hydrogen) atoms. The van der Waals surface area contributed by atoms with Crippen molar-refractivity contribution in [1.82, 2.24) is 10.2 Å². The molecule has 0 radical (unpaired) electrons. The van der Waals surface area contributed by atoms with Crippen LogP contribution in [-0.2, 0) is 11.3 Å². The van der Waals surface area contributed by atoms with Crippen LogP contribution < -0.4 is 15.1 Å². The molecule has 0 unspecified atom stereocenters. The van der Waals surface area contributed by atoms with E-state index in [1.807, 2.05) is 29.2 Å². The van der Waals surface area contributed by atoms with Gasteiger partial charge in [0.25, 0.3) is 0 Å². The number of carbonyl (C=O) groups excluding carboxylic acids is 1. The van der Waals surface area contributed by atoms with E-state index in [1.165, 1.54) is 6.07 Å². The van der Waals surface area contributed by atoms with E-state index in [1.54, 1.807) is 13.1 Å². The van der Waals surface area contributed by atoms with Gasteiger partial charge in [-0.15, -0.1) is 24.0 Å². The second kappa shape index (κ2) is 10.8. The van der Waals surface area contributed by atoms with Gasteiger partial charge in [0.2, 0.25) is 5.91 Å². The third-order valence-corrected chi connectivity index (χ3v) is 5.76. The monoisotopic (exact) mass is 537 g/mol. The Morgan fingerprint density at radius 2 is 1.74 bits per heavy atom. The van der Waals surface area contributed by atoms with E-state index < -0.39 is 0 Å². The Balaban J connectivity index is 0.00000272. The van der Waals surface area contributed by atoms with Crippen LogP contribution in [0.25, 0.3) is 0 Å². The van der Waals surface area contributed by atoms with Crippen molar-refractivity contribution < 1.29 is 9.18 Å². The van der Waals surface area contributed by atoms with E-state index in [9.17, 15) is 9.18 Å². The minimum Gasteiger partial charge on any atom is -0.366 e. The lowest BCUT2D eigenvalue weighted by molar-refractivity contribution is -0.117. The highest BCUT2D eigenvalue weighted by Gasteiger charge is 2.22. The largest absolute Gasteiger partial charge is 0.366 e. The molecule has 2 heterocycles. The van der Waals surface area contributed by atoms with Crippen molar-refractivity contribution in [3.8, 4) is 0 Å². The quantitative estimate of drug-likeness (QED) is 0.369. The Kier molecular flexibility index (Phi) is 8.11. The maximum Gasteiger partial charge on any atom is 0.227 e. The molecule has 2 aromatic carbocycles. The third kappa shape index (κ3) is 5.47. The summed E-state index contributed by atoms with van der Waals surface area (Å²) in [5.74, 6) is 0.880. The number of guanidine groups is 1. The van der Waals surface area contributed by atoms with Gasteiger partial charge in [0, 0.05) is 58.4 Å². The van der Waals surface area contributed by atoms with Gasteiger partial charge in [-0.25, -0.2) is 4.39 Å². The van der Waals surface area contributed by atoms with E-state index >= 15 is 0 Å². The summed E-state index contributed by atoms with van der Waals surface area (Å²) < 4.78 is 14.0. The highest BCUT2D eigenvalue weighted by Crippen LogP contribution is 2.22. The predicted octanol–water partition coefficient (Wildman–Crippen LogP) is 3.47. The molecule has 6 nitrogen and oxygen atoms in total. The second-order valence-corrected chi connectivity index (χ2v) is 7.64. The van der Waals surface area contributed by atoms with Gasteiger partial charge in [-0.1, -0.05) is 24.3 Å². The molecular weight excluding hydrogens is 508 g/mol. The Bertz CT molecular complexity index is 912. The first-order valence-electron chi connectivity index (χ1n) is 10.5. The smallest absolute Gasteiger partial charge is 0.227 e. The molecule has 8 heteroatoms. The van der Waals surface area contributed by atoms with Gasteiger partial charge in [0.05, 0.1) is 5.69 Å². The fourth-order valence-electron chi connectivity index (χ4n) is 4.10. The number of carbonyl (C=O) groups is 1. The van der Waals surface area contributed by atoms with Crippen molar-refractivity contribution in [1.29, 1.82) is 0 Å². The molecule has 0 saturated carbocycles. The van der Waals surface area contributed by atoms with E-state index in [2.05, 4.69) is 32.2 Å². The molecule has 0 spiro atoms. The summed E-state index contributed by atoms with van der Waals surface area (Å²) in [5.41, 5.74) is 2.77. The van der Waals surface area contributed by atoms with Crippen molar-refractivity contribution in [2.24, 2.45) is 4.99 Å². The summed E-state index contributed by atoms with van der Waals surface area (Å²) in [6.07, 6.45) is 1.58. The van der Waals surface area contributed by atoms with Crippen LogP contribution >= 0.6 is 24.0 Å². The first-order chi connectivity index (χ1) is 14.7. The van der Waals surface area contributed by atoms with Crippen LogP contribution in [-0.4, -0.2) is 56.5 Å². The molecule has 0 atom stereocenters. The van der Waals surface area contributed by atoms with Crippen molar-refractivity contribution >= 4 is 47.2 Å². The fourth-order valence-corrected chi connectivity index (χ4v) is 4.10. The summed E-state index contributed by atoms with van der Waals surface area (Å²) in [5, 5.41) is 3.42. The lowest BCUT2D eigenvalue weighted by Crippen LogP contribution is -2.52. The minimum absolute atomic E-state index is 0. The first kappa shape index (κ1) is 23.3. The average Bonchev–Trinajstić information content (AvgIpc) is 3.21. The van der Waals surface area contributed by atoms with E-state index in [4.69, 9.17) is 0 Å². The number of halogens is 2. The molecule has 1 N–H and O–H groups in total. The molecule has 2 aromatic rings. The number of aliphatic imine (C=N–C) groups is 1. The number of rotatable bonds is 4. The summed E-state index contributed by atoms with van der Waals surface area (Å²) in [7, 11) is 1.79. The molecule has 0 bridgehead atoms. The van der Waals surface area contributed by atoms with E-state index in [0.717, 1.165) is 56.4 Å². The van der Waals surface area contributed by atoms with Gasteiger partial charge in [0.1, 0.15) is 5.82 Å². The lowest BCUT2D eigenvalue weighted by Gasteiger charge is -2.37. The molecule has 2 saturated heterocycles. The number of nitrogens with one attached hydrogen (secondary N) is 1. The number of anilines is 2. The Morgan fingerprint density at radius 1 is 1.03 bits per heavy atom. The summed E-state index contributed by atoms with van der Waals surface area (Å²) >= 11 is 0. The van der Waals surface area contributed by atoms with E-state index in [-0.39, 0.29) is 35.7 Å². The molecule has 0 aliphatic carbocycles. The summed E-state index contributed by atoms with van der Waals surface area (Å²) in [6, 6.07) is 15.1. The van der Waals surface area contributed by atoms with Crippen LogP contribution in [0.2, 0.25) is 0 Å². The van der Waals surface area contributed by atoms with Crippen LogP contribution in [0, 0.1) is 5.82 Å². The number of nitrogens with zero attached hydrogens (tertiary/aromatic N) is 4. The van der Waals surface area contributed by atoms with Crippen molar-refractivity contribution in [2.45, 2.75) is 19.4 Å². The van der Waals surface area contributed by atoms with Crippen molar-refractivity contribution in [2.75, 3.05) is 49.6 Å². The number of piperazine rings is 1. The Morgan fingerprint density at radius 3 is 2.35 bits per heavy atom. The number of amides is 1. The van der Waals surface area contributed by atoms with Crippen molar-refractivity contribution in [3.05, 3.63) is 59.9 Å². The maximum absolute atomic E-state index is 14.0. The molecule has 2 aliphatic heterocycles. The highest BCUT2D eigenvalue weighted by atomic mass is 127. The van der Waals surface area contributed by atoms with Gasteiger partial charge < -0.3 is 20.0 Å². The maximum atomic E-state index is 14.0. The number of benzene rings is 2. The van der Waals surface area contributed by atoms with Crippen LogP contribution in [0.5, 0.6) is 0 Å². The number of hydrogen-bond acceptors (Lipinski definition) is 3. The standard InChI is InChI=1S/C23H28FN5O.HI/c1-25-23(28-15-13-27(14-16-28)21-6-3-2-5-20(21)24)26-17-18-8-10-19(11-9-18)29-12-4-7-22(29)30;/h2-3,5-6,8-11H,4,7,12-17H2,1H3,(H,25,26);1H. The predicted molar refractivity (Wildman–Crippen MR) is 134 cm³/mol. The van der Waals surface area contributed by atoms with Gasteiger partial charge in [-0.05, 0) is 36.2 Å². The molecule has 4 rings (SSSR count). The molecule has 0 aromatic heterocycles. The normalized spacial score (nSPS) is 17.0. The molecular formula is C23H29FIN5O. The fraction of sp³-hybridized carbons (Fsp3) is 0.391. The molecule has 2 aliphatic rings. The summed E-state index contributed by atoms with van der Waals surface area (Å²) in [4.78, 5) is 22.4. The number of hydrogen-bond donors (Lipinski definition) is 1. The zero-order valence-corrected chi connectivity index (χ0v) is 20.1. The molecule has 166 valence electrons. The van der Waals surface area contributed by atoms with Crippen LogP contribution in [0.15, 0.2) is 53.5 Å². The zero-order chi connectivity index (χ0) is 20.9. The average molecular weight is 537 g/mol. The molecule has 1 amide bonds. The van der Waals surface area contributed by atoms with Gasteiger partial charge >= 0.3 is 0 Å². The second-order valence-electron chi connectivity index (χ2n) is 7.64. The van der Waals surface area contributed by atoms with Crippen LogP contribution in [0.1, 0.15) is 18.4 Å². The first-order valence-corrected chi connectivity index (χ1v) is 10.5. The minimum atomic E-state index is -0.174. The summed E-state index contributed by atoms with van der Waals surface area (Å²) in [6.45, 7) is 4.53. The number of para-hydroxylation sites is 1. The van der Waals surface area contributed by atoms with Gasteiger partial charge in [0.15, 0.2) is 5.96 Å². The van der Waals surface area contributed by atoms with E-state index in [0.29, 0.717) is 18.7 Å². The Labute approximate surface area is 200 Å². The van der Waals surface area contributed by atoms with Crippen molar-refractivity contribution in [3.63, 3.8) is 0 Å². The Hall–Kier alpha value is -2.36. The van der Waals surface area contributed by atoms with Crippen LogP contribution in [0.4, 0.5) is 15.8 Å². The SMILES string of the molecule is CN=C(NCc1ccc(N2CCCC2=O)cc1)N1CCN(c2ccccc2F)CC1.I. The van der Waals surface area contributed by atoms with Gasteiger partial charge in [-0.3, -0.25) is 9.79 Å². The topological polar surface area (TPSA) is 51.2 Å². The van der Waals surface area contributed by atoms with Gasteiger partial charge in [-0.2, -0.15) is 0 Å². The lowest BCUT2D eigenvalue weighted by atomic mass is 10.2. The molecule has 2 fully saturated rings. The zero-order valence-electron chi connectivity index (χ0n) is 17.8. The highest BCUT2D eigenvalue weighted by molar-refractivity contribution is 14.0.